The zero-order valence-electron chi connectivity index (χ0n) is 17.4. The third-order valence-corrected chi connectivity index (χ3v) is 7.90. The molecule has 1 aromatic rings. The molecule has 31 heavy (non-hydrogen) atoms. The van der Waals surface area contributed by atoms with E-state index in [-0.39, 0.29) is 41.1 Å². The summed E-state index contributed by atoms with van der Waals surface area (Å²) in [7, 11) is 0. The highest BCUT2D eigenvalue weighted by molar-refractivity contribution is 5.83. The Kier molecular flexibility index (Phi) is 5.11. The van der Waals surface area contributed by atoms with E-state index in [1.54, 1.807) is 12.1 Å². The van der Waals surface area contributed by atoms with Gasteiger partial charge in [-0.1, -0.05) is 0 Å². The molecule has 5 nitrogen and oxygen atoms in total. The van der Waals surface area contributed by atoms with Crippen LogP contribution in [0.1, 0.15) is 44.9 Å². The molecule has 4 saturated carbocycles. The number of nitrogens with one attached hydrogen (secondary N) is 1. The summed E-state index contributed by atoms with van der Waals surface area (Å²) in [6, 6.07) is 5.93. The summed E-state index contributed by atoms with van der Waals surface area (Å²) in [5.41, 5.74) is 0.501. The van der Waals surface area contributed by atoms with Crippen LogP contribution in [0.25, 0.3) is 0 Å². The summed E-state index contributed by atoms with van der Waals surface area (Å²) in [5.74, 6) is 0.989. The summed E-state index contributed by atoms with van der Waals surface area (Å²) < 4.78 is 41.1. The minimum absolute atomic E-state index is 0.0188. The fourth-order valence-electron chi connectivity index (χ4n) is 6.80. The molecule has 0 aromatic heterocycles. The van der Waals surface area contributed by atoms with Crippen LogP contribution in [0, 0.1) is 23.2 Å². The fourth-order valence-corrected chi connectivity index (χ4v) is 6.80. The van der Waals surface area contributed by atoms with E-state index in [4.69, 9.17) is 0 Å². The number of alkyl halides is 3. The third kappa shape index (κ3) is 4.11. The van der Waals surface area contributed by atoms with Gasteiger partial charge in [-0.25, -0.2) is 0 Å². The van der Waals surface area contributed by atoms with Crippen LogP contribution in [0.15, 0.2) is 24.3 Å². The van der Waals surface area contributed by atoms with Gasteiger partial charge in [0.25, 0.3) is 0 Å². The minimum atomic E-state index is -4.70. The number of ether oxygens (including phenoxy) is 1. The lowest BCUT2D eigenvalue weighted by Gasteiger charge is -2.58. The average molecular weight is 438 g/mol. The van der Waals surface area contributed by atoms with Gasteiger partial charge in [0.2, 0.25) is 5.91 Å². The predicted octanol–water partition coefficient (Wildman–Crippen LogP) is 3.86. The van der Waals surface area contributed by atoms with Crippen molar-refractivity contribution in [2.45, 2.75) is 63.5 Å². The van der Waals surface area contributed by atoms with Crippen molar-refractivity contribution in [2.75, 3.05) is 18.0 Å². The fraction of sp³-hybridized carbons (Fsp3) is 0.696. The normalized spacial score (nSPS) is 37.0. The zero-order chi connectivity index (χ0) is 21.8. The van der Waals surface area contributed by atoms with E-state index in [2.05, 4.69) is 15.0 Å². The highest BCUT2D eigenvalue weighted by atomic mass is 19.4. The van der Waals surface area contributed by atoms with E-state index >= 15 is 0 Å². The number of aliphatic hydroxyl groups excluding tert-OH is 1. The number of rotatable bonds is 4. The van der Waals surface area contributed by atoms with Gasteiger partial charge in [0, 0.05) is 24.8 Å². The van der Waals surface area contributed by atoms with E-state index in [1.165, 1.54) is 12.1 Å². The number of benzene rings is 1. The molecule has 1 saturated heterocycles. The Morgan fingerprint density at radius 2 is 1.81 bits per heavy atom. The number of hydrogen-bond donors (Lipinski definition) is 2. The first kappa shape index (κ1) is 20.9. The van der Waals surface area contributed by atoms with Crippen LogP contribution < -0.4 is 15.0 Å². The number of halogens is 3. The van der Waals surface area contributed by atoms with Crippen molar-refractivity contribution in [3.63, 3.8) is 0 Å². The topological polar surface area (TPSA) is 61.8 Å². The summed E-state index contributed by atoms with van der Waals surface area (Å²) >= 11 is 0. The maximum absolute atomic E-state index is 13.4. The van der Waals surface area contributed by atoms with Crippen LogP contribution in [0.3, 0.4) is 0 Å². The lowest BCUT2D eigenvalue weighted by atomic mass is 9.48. The number of anilines is 1. The second-order valence-electron chi connectivity index (χ2n) is 10.0. The largest absolute Gasteiger partial charge is 0.573 e. The van der Waals surface area contributed by atoms with Crippen molar-refractivity contribution in [3.05, 3.63) is 24.3 Å². The molecule has 1 aromatic carbocycles. The number of carbonyl (C=O) groups excluding carboxylic acids is 1. The second kappa shape index (κ2) is 7.57. The first-order valence-electron chi connectivity index (χ1n) is 11.3. The molecule has 6 rings (SSSR count). The number of aliphatic hydroxyl groups is 1. The van der Waals surface area contributed by atoms with Gasteiger partial charge in [0.15, 0.2) is 0 Å². The van der Waals surface area contributed by atoms with Gasteiger partial charge in [-0.05, 0) is 87.0 Å². The van der Waals surface area contributed by atoms with Gasteiger partial charge >= 0.3 is 6.36 Å². The molecule has 0 spiro atoms. The maximum Gasteiger partial charge on any atom is 0.573 e. The summed E-state index contributed by atoms with van der Waals surface area (Å²) in [6.45, 7) is 1.44. The second-order valence-corrected chi connectivity index (χ2v) is 10.0. The molecule has 4 aliphatic carbocycles. The molecule has 2 N–H and O–H groups in total. The van der Waals surface area contributed by atoms with E-state index in [0.717, 1.165) is 57.2 Å². The maximum atomic E-state index is 13.4. The Balaban J connectivity index is 1.22. The lowest BCUT2D eigenvalue weighted by molar-refractivity contribution is -0.274. The van der Waals surface area contributed by atoms with E-state index in [0.29, 0.717) is 12.5 Å². The van der Waals surface area contributed by atoms with Gasteiger partial charge in [0.1, 0.15) is 5.75 Å². The van der Waals surface area contributed by atoms with Crippen molar-refractivity contribution < 1.29 is 27.8 Å². The van der Waals surface area contributed by atoms with Crippen LogP contribution >= 0.6 is 0 Å². The SMILES string of the molecule is O=C(N[C@H]1CCCN(c2ccc(OC(F)(F)F)cc2)C1)C12CC3CC(C1)C(O)C(C3)C2. The standard InChI is InChI=1S/C23H29F3N2O3/c24-23(25,26)31-19-5-3-18(4-6-19)28-7-1-2-17(13-28)27-21(30)22-10-14-8-15(11-22)20(29)16(9-14)12-22/h3-6,14-17,20,29H,1-2,7-13H2,(H,27,30)/t14?,15?,16?,17-,20?,22?/m0/s1. The Bertz CT molecular complexity index is 812. The molecular weight excluding hydrogens is 409 g/mol. The molecule has 1 aliphatic heterocycles. The number of hydrogen-bond acceptors (Lipinski definition) is 4. The Hall–Kier alpha value is -1.96. The highest BCUT2D eigenvalue weighted by Crippen LogP contribution is 2.60. The van der Waals surface area contributed by atoms with Crippen LogP contribution in [0.5, 0.6) is 5.75 Å². The molecule has 1 heterocycles. The molecule has 1 amide bonds. The first-order valence-corrected chi connectivity index (χ1v) is 11.3. The van der Waals surface area contributed by atoms with Crippen molar-refractivity contribution in [2.24, 2.45) is 23.2 Å². The molecule has 5 fully saturated rings. The van der Waals surface area contributed by atoms with Gasteiger partial charge in [0.05, 0.1) is 11.5 Å². The summed E-state index contributed by atoms with van der Waals surface area (Å²) in [6.07, 6.45) is 1.50. The number of nitrogens with zero attached hydrogens (tertiary/aromatic N) is 1. The van der Waals surface area contributed by atoms with Crippen molar-refractivity contribution >= 4 is 11.6 Å². The monoisotopic (exact) mass is 438 g/mol. The van der Waals surface area contributed by atoms with Crippen molar-refractivity contribution in [3.8, 4) is 5.75 Å². The van der Waals surface area contributed by atoms with Crippen LogP contribution in [-0.4, -0.2) is 42.6 Å². The minimum Gasteiger partial charge on any atom is -0.406 e. The molecule has 170 valence electrons. The molecule has 0 radical (unpaired) electrons. The average Bonchev–Trinajstić information content (AvgIpc) is 2.71. The molecule has 3 atom stereocenters. The predicted molar refractivity (Wildman–Crippen MR) is 108 cm³/mol. The van der Waals surface area contributed by atoms with Crippen LogP contribution in [-0.2, 0) is 4.79 Å². The van der Waals surface area contributed by atoms with E-state index < -0.39 is 6.36 Å². The third-order valence-electron chi connectivity index (χ3n) is 7.90. The Morgan fingerprint density at radius 3 is 2.45 bits per heavy atom. The number of amides is 1. The molecule has 4 bridgehead atoms. The lowest BCUT2D eigenvalue weighted by Crippen LogP contribution is -2.60. The first-order chi connectivity index (χ1) is 14.7. The number of piperidine rings is 1. The van der Waals surface area contributed by atoms with Gasteiger partial charge in [-0.15, -0.1) is 13.2 Å². The van der Waals surface area contributed by atoms with Crippen LogP contribution in [0.2, 0.25) is 0 Å². The summed E-state index contributed by atoms with van der Waals surface area (Å²) in [5, 5.41) is 13.8. The van der Waals surface area contributed by atoms with E-state index in [9.17, 15) is 23.1 Å². The highest BCUT2D eigenvalue weighted by Gasteiger charge is 2.58. The van der Waals surface area contributed by atoms with Crippen LogP contribution in [0.4, 0.5) is 18.9 Å². The Labute approximate surface area is 179 Å². The molecular formula is C23H29F3N2O3. The zero-order valence-corrected chi connectivity index (χ0v) is 17.4. The van der Waals surface area contributed by atoms with Gasteiger partial charge in [-0.3, -0.25) is 4.79 Å². The molecule has 8 heteroatoms. The number of carbonyl (C=O) groups is 1. The van der Waals surface area contributed by atoms with E-state index in [1.807, 2.05) is 0 Å². The van der Waals surface area contributed by atoms with Gasteiger partial charge in [-0.2, -0.15) is 0 Å². The smallest absolute Gasteiger partial charge is 0.406 e. The van der Waals surface area contributed by atoms with Crippen molar-refractivity contribution in [1.29, 1.82) is 0 Å². The van der Waals surface area contributed by atoms with Crippen molar-refractivity contribution in [1.82, 2.24) is 5.32 Å². The quantitative estimate of drug-likeness (QED) is 0.750. The Morgan fingerprint density at radius 1 is 1.13 bits per heavy atom. The molecule has 2 unspecified atom stereocenters. The van der Waals surface area contributed by atoms with Gasteiger partial charge < -0.3 is 20.1 Å². The summed E-state index contributed by atoms with van der Waals surface area (Å²) in [4.78, 5) is 15.5. The molecule has 5 aliphatic rings.